The first-order valence-electron chi connectivity index (χ1n) is 15.2. The molecule has 6 rings (SSSR count). The highest BCUT2D eigenvalue weighted by Gasteiger charge is 2.35. The van der Waals surface area contributed by atoms with Gasteiger partial charge in [-0.05, 0) is 69.2 Å². The van der Waals surface area contributed by atoms with Gasteiger partial charge in [0, 0.05) is 38.2 Å². The minimum Gasteiger partial charge on any atom is -0.493 e. The predicted molar refractivity (Wildman–Crippen MR) is 189 cm³/mol. The van der Waals surface area contributed by atoms with Crippen LogP contribution in [0, 0.1) is 6.92 Å². The fourth-order valence-corrected chi connectivity index (χ4v) is 7.81. The molecule has 1 aliphatic rings. The van der Waals surface area contributed by atoms with Crippen molar-refractivity contribution >= 4 is 61.8 Å². The molecule has 0 radical (unpaired) electrons. The number of aromatic nitrogens is 2. The van der Waals surface area contributed by atoms with Crippen LogP contribution < -0.4 is 24.4 Å². The summed E-state index contributed by atoms with van der Waals surface area (Å²) in [6.07, 6.45) is 1.93. The Morgan fingerprint density at radius 2 is 1.81 bits per heavy atom. The van der Waals surface area contributed by atoms with Crippen molar-refractivity contribution in [2.45, 2.75) is 40.3 Å². The number of fused-ring (bicyclic) bond motifs is 2. The van der Waals surface area contributed by atoms with Gasteiger partial charge < -0.3 is 18.8 Å². The van der Waals surface area contributed by atoms with Gasteiger partial charge in [-0.1, -0.05) is 75.3 Å². The van der Waals surface area contributed by atoms with Gasteiger partial charge in [-0.3, -0.25) is 9.36 Å². The van der Waals surface area contributed by atoms with E-state index in [1.807, 2.05) is 49.4 Å². The number of thiazole rings is 1. The fraction of sp³-hybridized carbons (Fsp3) is 0.250. The number of rotatable bonds is 9. The number of benzene rings is 3. The van der Waals surface area contributed by atoms with Crippen LogP contribution in [0.5, 0.6) is 11.5 Å². The minimum absolute atomic E-state index is 0.179. The molecule has 2 aromatic heterocycles. The number of ether oxygens (including phenoxy) is 3. The number of para-hydroxylation sites is 1. The number of nitrogens with zero attached hydrogens (tertiary/aromatic N) is 3. The molecule has 1 atom stereocenters. The summed E-state index contributed by atoms with van der Waals surface area (Å²) >= 11 is 11.5. The number of carbonyl (C=O) groups excluding carboxylic acids is 1. The van der Waals surface area contributed by atoms with Crippen LogP contribution in [0.1, 0.15) is 49.2 Å². The third-order valence-electron chi connectivity index (χ3n) is 8.24. The van der Waals surface area contributed by atoms with Crippen molar-refractivity contribution in [2.75, 3.05) is 20.3 Å². The molecule has 47 heavy (non-hydrogen) atoms. The second-order valence-corrected chi connectivity index (χ2v) is 13.2. The number of esters is 1. The molecule has 0 fully saturated rings. The van der Waals surface area contributed by atoms with Gasteiger partial charge in [0.25, 0.3) is 5.56 Å². The molecule has 0 saturated heterocycles. The zero-order valence-corrected chi connectivity index (χ0v) is 29.8. The molecule has 3 aromatic carbocycles. The predicted octanol–water partition coefficient (Wildman–Crippen LogP) is 6.93. The van der Waals surface area contributed by atoms with Crippen molar-refractivity contribution in [3.8, 4) is 11.5 Å². The molecule has 5 aromatic rings. The van der Waals surface area contributed by atoms with Gasteiger partial charge in [0.1, 0.15) is 0 Å². The second-order valence-electron chi connectivity index (χ2n) is 11.0. The number of hydrogen-bond donors (Lipinski definition) is 0. The summed E-state index contributed by atoms with van der Waals surface area (Å²) in [7, 11) is 1.55. The Balaban J connectivity index is 1.57. The van der Waals surface area contributed by atoms with E-state index >= 15 is 0 Å². The summed E-state index contributed by atoms with van der Waals surface area (Å²) in [5, 5.41) is 1.71. The van der Waals surface area contributed by atoms with Gasteiger partial charge in [-0.2, -0.15) is 0 Å². The highest BCUT2D eigenvalue weighted by atomic mass is 79.9. The highest BCUT2D eigenvalue weighted by molar-refractivity contribution is 9.10. The molecular formula is C36H33BrClN3O5S. The Hall–Kier alpha value is -4.12. The van der Waals surface area contributed by atoms with Crippen LogP contribution in [0.4, 0.5) is 0 Å². The van der Waals surface area contributed by atoms with Gasteiger partial charge >= 0.3 is 5.97 Å². The average Bonchev–Trinajstić information content (AvgIpc) is 3.50. The molecule has 0 bridgehead atoms. The van der Waals surface area contributed by atoms with Crippen LogP contribution in [0.3, 0.4) is 0 Å². The first-order valence-corrected chi connectivity index (χ1v) is 17.2. The van der Waals surface area contributed by atoms with E-state index in [1.54, 1.807) is 37.7 Å². The average molecular weight is 735 g/mol. The Morgan fingerprint density at radius 1 is 1.06 bits per heavy atom. The number of allylic oxidation sites excluding steroid dienone is 1. The van der Waals surface area contributed by atoms with Gasteiger partial charge in [-0.15, -0.1) is 0 Å². The zero-order valence-electron chi connectivity index (χ0n) is 26.6. The molecule has 8 nitrogen and oxygen atoms in total. The maximum atomic E-state index is 14.5. The molecule has 1 aliphatic heterocycles. The lowest BCUT2D eigenvalue weighted by Crippen LogP contribution is -2.40. The fourth-order valence-electron chi connectivity index (χ4n) is 6.05. The molecule has 3 heterocycles. The van der Waals surface area contributed by atoms with Crippen molar-refractivity contribution in [1.82, 2.24) is 9.13 Å². The third kappa shape index (κ3) is 5.94. The van der Waals surface area contributed by atoms with Gasteiger partial charge in [0.05, 0.1) is 42.2 Å². The van der Waals surface area contributed by atoms with E-state index in [0.717, 1.165) is 27.7 Å². The first kappa shape index (κ1) is 32.8. The maximum Gasteiger partial charge on any atom is 0.338 e. The summed E-state index contributed by atoms with van der Waals surface area (Å²) < 4.78 is 21.9. The molecule has 11 heteroatoms. The first-order chi connectivity index (χ1) is 22.7. The largest absolute Gasteiger partial charge is 0.493 e. The molecular weight excluding hydrogens is 702 g/mol. The van der Waals surface area contributed by atoms with Crippen molar-refractivity contribution in [3.63, 3.8) is 0 Å². The summed E-state index contributed by atoms with van der Waals surface area (Å²) in [6, 6.07) is 18.7. The van der Waals surface area contributed by atoms with E-state index in [9.17, 15) is 9.59 Å². The van der Waals surface area contributed by atoms with Crippen molar-refractivity contribution < 1.29 is 19.0 Å². The van der Waals surface area contributed by atoms with E-state index in [0.29, 0.717) is 54.7 Å². The SMILES string of the molecule is CCOC(=O)C1=C(C)N=c2s/c(=C/c3c(C)n(Cc4ccccc4Cl)c4ccccc34)c(=O)n2[C@@H]1c1cc(OC)c(OCC)cc1Br. The molecule has 0 unspecified atom stereocenters. The number of methoxy groups -OCH3 is 1. The Kier molecular flexibility index (Phi) is 9.46. The Labute approximate surface area is 289 Å². The molecule has 0 aliphatic carbocycles. The molecule has 242 valence electrons. The smallest absolute Gasteiger partial charge is 0.338 e. The summed E-state index contributed by atoms with van der Waals surface area (Å²) in [4.78, 5) is 33.2. The maximum absolute atomic E-state index is 14.5. The second kappa shape index (κ2) is 13.5. The quantitative estimate of drug-likeness (QED) is 0.154. The van der Waals surface area contributed by atoms with Crippen LogP contribution in [0.2, 0.25) is 5.02 Å². The van der Waals surface area contributed by atoms with E-state index in [2.05, 4.69) is 39.6 Å². The lowest BCUT2D eigenvalue weighted by atomic mass is 9.95. The number of hydrogen-bond acceptors (Lipinski definition) is 7. The Bertz CT molecular complexity index is 2250. The zero-order chi connectivity index (χ0) is 33.4. The van der Waals surface area contributed by atoms with Crippen LogP contribution in [0.15, 0.2) is 86.2 Å². The normalized spacial score (nSPS) is 14.7. The van der Waals surface area contributed by atoms with Crippen molar-refractivity contribution in [3.05, 3.63) is 124 Å². The van der Waals surface area contributed by atoms with E-state index in [4.69, 9.17) is 30.8 Å². The summed E-state index contributed by atoms with van der Waals surface area (Å²) in [5.74, 6) is 0.485. The van der Waals surface area contributed by atoms with Crippen LogP contribution in [-0.4, -0.2) is 35.4 Å². The molecule has 0 spiro atoms. The van der Waals surface area contributed by atoms with Gasteiger partial charge in [0.2, 0.25) is 0 Å². The molecule has 0 amide bonds. The van der Waals surface area contributed by atoms with Crippen LogP contribution in [-0.2, 0) is 16.1 Å². The van der Waals surface area contributed by atoms with Crippen molar-refractivity contribution in [1.29, 1.82) is 0 Å². The topological polar surface area (TPSA) is 84.1 Å². The highest BCUT2D eigenvalue weighted by Crippen LogP contribution is 2.41. The van der Waals surface area contributed by atoms with Crippen LogP contribution >= 0.6 is 38.9 Å². The number of carbonyl (C=O) groups is 1. The number of halogens is 2. The standard InChI is InChI=1S/C36H33BrClN3O5S/c1-6-45-30-18-26(37)25(16-29(30)44-5)33-32(35(43)46-7-2)20(3)39-36-41(33)34(42)31(47-36)17-24-21(4)40(28-15-11-9-13-23(24)28)19-22-12-8-10-14-27(22)38/h8-18,33H,6-7,19H2,1-5H3/b31-17+/t33-/m1/s1. The third-order valence-corrected chi connectivity index (χ3v) is 10.3. The van der Waals surface area contributed by atoms with Gasteiger partial charge in [-0.25, -0.2) is 9.79 Å². The van der Waals surface area contributed by atoms with E-state index < -0.39 is 12.0 Å². The lowest BCUT2D eigenvalue weighted by Gasteiger charge is -2.26. The van der Waals surface area contributed by atoms with Crippen molar-refractivity contribution in [2.24, 2.45) is 4.99 Å². The van der Waals surface area contributed by atoms with Gasteiger partial charge in [0.15, 0.2) is 16.3 Å². The summed E-state index contributed by atoms with van der Waals surface area (Å²) in [6.45, 7) is 8.66. The lowest BCUT2D eigenvalue weighted by molar-refractivity contribution is -0.139. The minimum atomic E-state index is -0.825. The van der Waals surface area contributed by atoms with E-state index in [1.165, 1.54) is 11.3 Å². The monoisotopic (exact) mass is 733 g/mol. The summed E-state index contributed by atoms with van der Waals surface area (Å²) in [5.41, 5.74) is 5.10. The molecule has 0 saturated carbocycles. The Morgan fingerprint density at radius 3 is 2.53 bits per heavy atom. The molecule has 0 N–H and O–H groups in total. The van der Waals surface area contributed by atoms with E-state index in [-0.39, 0.29) is 17.7 Å². The van der Waals surface area contributed by atoms with Crippen LogP contribution in [0.25, 0.3) is 17.0 Å².